The topological polar surface area (TPSA) is 234 Å². The zero-order chi connectivity index (χ0) is 44.3. The molecule has 4 aromatic rings. The Labute approximate surface area is 331 Å². The number of nitrogens with two attached hydrogens (primary N) is 1. The Morgan fingerprint density at radius 2 is 1.46 bits per heavy atom. The maximum absolute atomic E-state index is 13.9. The zero-order valence-electron chi connectivity index (χ0n) is 31.6. The van der Waals surface area contributed by atoms with Gasteiger partial charge < -0.3 is 41.2 Å². The van der Waals surface area contributed by atoms with Gasteiger partial charge in [0.15, 0.2) is 0 Å². The predicted molar refractivity (Wildman–Crippen MR) is 197 cm³/mol. The summed E-state index contributed by atoms with van der Waals surface area (Å²) in [6.07, 6.45) is -7.33. The van der Waals surface area contributed by atoms with Crippen molar-refractivity contribution in [3.8, 4) is 0 Å². The number of nitrogens with zero attached hydrogens (tertiary/aromatic N) is 2. The van der Waals surface area contributed by atoms with Crippen molar-refractivity contribution in [1.29, 1.82) is 0 Å². The maximum Gasteiger partial charge on any atom is 0.490 e. The average Bonchev–Trinajstić information content (AvgIpc) is 3.84. The third-order valence-corrected chi connectivity index (χ3v) is 8.46. The normalized spacial score (nSPS) is 15.0. The Morgan fingerprint density at radius 1 is 0.898 bits per heavy atom. The molecular weight excluding hydrogens is 798 g/mol. The number of carbonyl (C=O) groups is 6. The standard InChI is InChI=1S/C34H38N6O5.2C2HF3O2/c1-34(2,35)33(44)37-25(19-21-15-16-22-10-7-8-13-24(22)18-21)30(41)39-27-20-36-29(38-27)28(23-11-5-4-6-12-23)31(42)40-17-9-14-26(40)32(43)45-3;2*3-2(4,5)1(6)7/h4-8,10-13,15-16,18,20,25-26,28H,9,14,17,19,35H2,1-3H3,(H,36,38)(H,37,44)(H,39,41);2*(H,6,7)/t25-,26+,28?;;/m1../s1. The molecule has 7 N–H and O–H groups in total. The molecule has 2 heterocycles. The molecule has 1 aliphatic heterocycles. The number of aromatic nitrogens is 2. The van der Waals surface area contributed by atoms with E-state index in [4.69, 9.17) is 30.3 Å². The van der Waals surface area contributed by atoms with E-state index in [0.717, 1.165) is 16.3 Å². The van der Waals surface area contributed by atoms with Crippen molar-refractivity contribution in [3.63, 3.8) is 0 Å². The predicted octanol–water partition coefficient (Wildman–Crippen LogP) is 4.53. The number of carbonyl (C=O) groups excluding carboxylic acids is 4. The summed E-state index contributed by atoms with van der Waals surface area (Å²) >= 11 is 0. The van der Waals surface area contributed by atoms with Crippen molar-refractivity contribution in [2.45, 2.75) is 69.0 Å². The molecule has 1 saturated heterocycles. The number of alkyl halides is 6. The molecule has 3 atom stereocenters. The number of carboxylic acid groups (broad SMARTS) is 2. The maximum atomic E-state index is 13.9. The summed E-state index contributed by atoms with van der Waals surface area (Å²) in [5.74, 6) is -7.53. The van der Waals surface area contributed by atoms with Crippen LogP contribution in [0.25, 0.3) is 10.8 Å². The van der Waals surface area contributed by atoms with Crippen molar-refractivity contribution in [3.05, 3.63) is 95.9 Å². The van der Waals surface area contributed by atoms with Crippen molar-refractivity contribution < 1.29 is 70.1 Å². The number of imidazole rings is 1. The van der Waals surface area contributed by atoms with Gasteiger partial charge in [0.1, 0.15) is 29.6 Å². The lowest BCUT2D eigenvalue weighted by molar-refractivity contribution is -0.193. The molecule has 5 rings (SSSR count). The fourth-order valence-corrected chi connectivity index (χ4v) is 5.56. The van der Waals surface area contributed by atoms with Gasteiger partial charge in [-0.25, -0.2) is 19.4 Å². The molecule has 1 fully saturated rings. The Kier molecular flexibility index (Phi) is 15.7. The Hall–Kier alpha value is -6.51. The second-order valence-corrected chi connectivity index (χ2v) is 13.5. The molecule has 1 aromatic heterocycles. The molecule has 1 unspecified atom stereocenters. The van der Waals surface area contributed by atoms with Gasteiger partial charge in [-0.05, 0) is 48.6 Å². The minimum Gasteiger partial charge on any atom is -0.475 e. The van der Waals surface area contributed by atoms with Gasteiger partial charge in [0.25, 0.3) is 0 Å². The lowest BCUT2D eigenvalue weighted by atomic mass is 9.96. The van der Waals surface area contributed by atoms with Crippen molar-refractivity contribution >= 4 is 52.2 Å². The van der Waals surface area contributed by atoms with Crippen LogP contribution in [-0.2, 0) is 39.9 Å². The second-order valence-electron chi connectivity index (χ2n) is 13.5. The van der Waals surface area contributed by atoms with E-state index in [9.17, 15) is 45.5 Å². The summed E-state index contributed by atoms with van der Waals surface area (Å²) in [6.45, 7) is 3.56. The number of nitrogens with one attached hydrogen (secondary N) is 3. The molecule has 59 heavy (non-hydrogen) atoms. The lowest BCUT2D eigenvalue weighted by Gasteiger charge is -2.27. The quantitative estimate of drug-likeness (QED) is 0.0959. The number of ether oxygens (including phenoxy) is 1. The van der Waals surface area contributed by atoms with Gasteiger partial charge in [-0.15, -0.1) is 0 Å². The summed E-state index contributed by atoms with van der Waals surface area (Å²) in [6, 6.07) is 21.3. The van der Waals surface area contributed by atoms with Gasteiger partial charge in [-0.3, -0.25) is 14.4 Å². The number of rotatable bonds is 10. The van der Waals surface area contributed by atoms with E-state index in [2.05, 4.69) is 20.6 Å². The Bertz CT molecular complexity index is 2100. The van der Waals surface area contributed by atoms with Gasteiger partial charge in [0.05, 0.1) is 18.8 Å². The highest BCUT2D eigenvalue weighted by Gasteiger charge is 2.41. The minimum atomic E-state index is -5.08. The Balaban J connectivity index is 0.000000569. The third kappa shape index (κ3) is 13.5. The molecule has 0 saturated carbocycles. The molecule has 3 aromatic carbocycles. The highest BCUT2D eigenvalue weighted by atomic mass is 19.4. The average molecular weight is 839 g/mol. The number of aromatic amines is 1. The minimum absolute atomic E-state index is 0.217. The number of hydrogen-bond donors (Lipinski definition) is 6. The lowest BCUT2D eigenvalue weighted by Crippen LogP contribution is -2.55. The molecule has 0 spiro atoms. The van der Waals surface area contributed by atoms with E-state index in [1.165, 1.54) is 18.2 Å². The second kappa shape index (κ2) is 19.8. The smallest absolute Gasteiger partial charge is 0.475 e. The van der Waals surface area contributed by atoms with Gasteiger partial charge in [-0.1, -0.05) is 72.8 Å². The molecule has 15 nitrogen and oxygen atoms in total. The molecule has 3 amide bonds. The van der Waals surface area contributed by atoms with E-state index in [0.29, 0.717) is 30.8 Å². The third-order valence-electron chi connectivity index (χ3n) is 8.46. The van der Waals surface area contributed by atoms with Crippen LogP contribution in [0.15, 0.2) is 79.0 Å². The molecule has 1 aliphatic rings. The van der Waals surface area contributed by atoms with Crippen LogP contribution < -0.4 is 16.4 Å². The van der Waals surface area contributed by atoms with E-state index in [1.807, 2.05) is 72.8 Å². The number of halogens is 6. The number of esters is 1. The molecule has 0 bridgehead atoms. The SMILES string of the molecule is COC(=O)[C@@H]1CCCN1C(=O)C(c1ccccc1)c1ncc(NC(=O)[C@@H](Cc2ccc3ccccc3c2)NC(=O)C(C)(C)N)[nH]1.O=C(O)C(F)(F)F.O=C(O)C(F)(F)F. The van der Waals surface area contributed by atoms with E-state index in [-0.39, 0.29) is 18.1 Å². The van der Waals surface area contributed by atoms with Crippen LogP contribution in [0.1, 0.15) is 49.6 Å². The highest BCUT2D eigenvalue weighted by Crippen LogP contribution is 2.30. The molecule has 0 radical (unpaired) electrons. The van der Waals surface area contributed by atoms with Crippen LogP contribution >= 0.6 is 0 Å². The van der Waals surface area contributed by atoms with Gasteiger partial charge in [-0.2, -0.15) is 26.3 Å². The number of likely N-dealkylation sites (tertiary alicyclic amines) is 1. The van der Waals surface area contributed by atoms with E-state index >= 15 is 0 Å². The first kappa shape index (κ1) is 46.9. The van der Waals surface area contributed by atoms with Gasteiger partial charge in [0, 0.05) is 13.0 Å². The van der Waals surface area contributed by atoms with Crippen LogP contribution in [-0.4, -0.2) is 104 Å². The van der Waals surface area contributed by atoms with Crippen LogP contribution in [0.3, 0.4) is 0 Å². The van der Waals surface area contributed by atoms with Crippen LogP contribution in [0.4, 0.5) is 32.2 Å². The largest absolute Gasteiger partial charge is 0.490 e. The number of aliphatic carboxylic acids is 2. The fraction of sp³-hybridized carbons (Fsp3) is 0.342. The van der Waals surface area contributed by atoms with Crippen molar-refractivity contribution in [1.82, 2.24) is 20.2 Å². The summed E-state index contributed by atoms with van der Waals surface area (Å²) in [4.78, 5) is 79.8. The number of hydrogen-bond acceptors (Lipinski definition) is 9. The molecule has 0 aliphatic carbocycles. The van der Waals surface area contributed by atoms with E-state index < -0.39 is 65.6 Å². The number of anilines is 1. The Morgan fingerprint density at radius 3 is 2.00 bits per heavy atom. The summed E-state index contributed by atoms with van der Waals surface area (Å²) in [5, 5.41) is 21.9. The summed E-state index contributed by atoms with van der Waals surface area (Å²) < 4.78 is 68.4. The van der Waals surface area contributed by atoms with E-state index in [1.54, 1.807) is 13.8 Å². The fourth-order valence-electron chi connectivity index (χ4n) is 5.56. The molecular formula is C38H40F6N6O9. The van der Waals surface area contributed by atoms with Gasteiger partial charge >= 0.3 is 30.3 Å². The van der Waals surface area contributed by atoms with Crippen LogP contribution in [0.2, 0.25) is 0 Å². The zero-order valence-corrected chi connectivity index (χ0v) is 31.6. The molecule has 318 valence electrons. The first-order valence-corrected chi connectivity index (χ1v) is 17.4. The highest BCUT2D eigenvalue weighted by molar-refractivity contribution is 5.98. The van der Waals surface area contributed by atoms with Crippen molar-refractivity contribution in [2.24, 2.45) is 5.73 Å². The van der Waals surface area contributed by atoms with Crippen molar-refractivity contribution in [2.75, 3.05) is 19.0 Å². The number of benzene rings is 3. The number of carboxylic acids is 2. The summed E-state index contributed by atoms with van der Waals surface area (Å²) in [7, 11) is 1.31. The number of fused-ring (bicyclic) bond motifs is 1. The summed E-state index contributed by atoms with van der Waals surface area (Å²) in [5.41, 5.74) is 6.36. The monoisotopic (exact) mass is 838 g/mol. The molecule has 21 heteroatoms. The number of H-pyrrole nitrogens is 1. The number of methoxy groups -OCH3 is 1. The first-order chi connectivity index (χ1) is 27.4. The number of amides is 3. The van der Waals surface area contributed by atoms with Crippen LogP contribution in [0.5, 0.6) is 0 Å². The first-order valence-electron chi connectivity index (χ1n) is 17.4. The van der Waals surface area contributed by atoms with Crippen LogP contribution in [0, 0.1) is 0 Å². The van der Waals surface area contributed by atoms with Gasteiger partial charge in [0.2, 0.25) is 17.7 Å².